The zero-order valence-electron chi connectivity index (χ0n) is 12.6. The lowest BCUT2D eigenvalue weighted by atomic mass is 10.1. The molecule has 108 valence electrons. The van der Waals surface area contributed by atoms with E-state index in [1.807, 2.05) is 0 Å². The summed E-state index contributed by atoms with van der Waals surface area (Å²) in [5.74, 6) is 1.61. The Hall–Kier alpha value is -0.120. The maximum absolute atomic E-state index is 5.63. The van der Waals surface area contributed by atoms with Gasteiger partial charge in [-0.15, -0.1) is 0 Å². The minimum atomic E-state index is 0.759. The largest absolute Gasteiger partial charge is 0.380 e. The van der Waals surface area contributed by atoms with Gasteiger partial charge in [0.15, 0.2) is 0 Å². The molecule has 1 fully saturated rings. The van der Waals surface area contributed by atoms with Gasteiger partial charge in [-0.2, -0.15) is 0 Å². The van der Waals surface area contributed by atoms with E-state index >= 15 is 0 Å². The van der Waals surface area contributed by atoms with Crippen LogP contribution in [0.3, 0.4) is 0 Å². The van der Waals surface area contributed by atoms with E-state index < -0.39 is 0 Å². The lowest BCUT2D eigenvalue weighted by Gasteiger charge is -2.16. The fraction of sp³-hybridized carbons (Fsp3) is 1.00. The van der Waals surface area contributed by atoms with E-state index in [1.165, 1.54) is 38.9 Å². The Balaban J connectivity index is 1.96. The maximum atomic E-state index is 5.63. The van der Waals surface area contributed by atoms with Crippen LogP contribution in [0.1, 0.15) is 40.0 Å². The molecule has 1 saturated heterocycles. The molecule has 1 heterocycles. The van der Waals surface area contributed by atoms with E-state index in [-0.39, 0.29) is 0 Å². The van der Waals surface area contributed by atoms with Crippen molar-refractivity contribution in [2.24, 2.45) is 11.8 Å². The van der Waals surface area contributed by atoms with Crippen LogP contribution in [0.15, 0.2) is 0 Å². The van der Waals surface area contributed by atoms with Crippen LogP contribution in [0.2, 0.25) is 0 Å². The van der Waals surface area contributed by atoms with Crippen molar-refractivity contribution >= 4 is 0 Å². The molecular formula is C15H32N2O. The zero-order valence-corrected chi connectivity index (χ0v) is 12.6. The average molecular weight is 256 g/mol. The van der Waals surface area contributed by atoms with Crippen molar-refractivity contribution in [3.05, 3.63) is 0 Å². The van der Waals surface area contributed by atoms with Crippen LogP contribution in [0.25, 0.3) is 0 Å². The van der Waals surface area contributed by atoms with Gasteiger partial charge in [0.05, 0.1) is 6.61 Å². The summed E-state index contributed by atoms with van der Waals surface area (Å²) in [6.07, 6.45) is 3.77. The Morgan fingerprint density at radius 3 is 2.89 bits per heavy atom. The highest BCUT2D eigenvalue weighted by Gasteiger charge is 2.21. The van der Waals surface area contributed by atoms with Gasteiger partial charge < -0.3 is 15.0 Å². The Morgan fingerprint density at radius 2 is 2.17 bits per heavy atom. The van der Waals surface area contributed by atoms with Crippen LogP contribution in [0, 0.1) is 11.8 Å². The molecule has 0 amide bonds. The minimum Gasteiger partial charge on any atom is -0.380 e. The number of likely N-dealkylation sites (tertiary alicyclic amines) is 1. The Kier molecular flexibility index (Phi) is 8.64. The van der Waals surface area contributed by atoms with Crippen molar-refractivity contribution in [2.75, 3.05) is 45.9 Å². The molecule has 1 unspecified atom stereocenters. The van der Waals surface area contributed by atoms with Crippen LogP contribution in [0.4, 0.5) is 0 Å². The number of unbranched alkanes of at least 4 members (excludes halogenated alkanes) is 1. The highest BCUT2D eigenvalue weighted by molar-refractivity contribution is 4.77. The highest BCUT2D eigenvalue weighted by Crippen LogP contribution is 2.14. The summed E-state index contributed by atoms with van der Waals surface area (Å²) in [5.41, 5.74) is 0. The lowest BCUT2D eigenvalue weighted by molar-refractivity contribution is 0.108. The van der Waals surface area contributed by atoms with Crippen LogP contribution >= 0.6 is 0 Å². The monoisotopic (exact) mass is 256 g/mol. The number of nitrogens with zero attached hydrogens (tertiary/aromatic N) is 1. The SMILES string of the molecule is CCCCOCCN1CCC(CNCC(C)C)C1. The van der Waals surface area contributed by atoms with E-state index in [4.69, 9.17) is 4.74 Å². The second-order valence-corrected chi connectivity index (χ2v) is 5.97. The topological polar surface area (TPSA) is 24.5 Å². The van der Waals surface area contributed by atoms with Crippen molar-refractivity contribution in [3.8, 4) is 0 Å². The molecule has 18 heavy (non-hydrogen) atoms. The normalized spacial score (nSPS) is 21.0. The van der Waals surface area contributed by atoms with Crippen LogP contribution in [-0.2, 0) is 4.74 Å². The summed E-state index contributed by atoms with van der Waals surface area (Å²) in [4.78, 5) is 2.55. The molecule has 0 aliphatic carbocycles. The van der Waals surface area contributed by atoms with Gasteiger partial charge in [0.25, 0.3) is 0 Å². The molecule has 3 heteroatoms. The number of hydrogen-bond acceptors (Lipinski definition) is 3. The standard InChI is InChI=1S/C15H32N2O/c1-4-5-9-18-10-8-17-7-6-15(13-17)12-16-11-14(2)3/h14-16H,4-13H2,1-3H3. The van der Waals surface area contributed by atoms with E-state index in [1.54, 1.807) is 0 Å². The van der Waals surface area contributed by atoms with Crippen molar-refractivity contribution in [3.63, 3.8) is 0 Å². The third kappa shape index (κ3) is 7.34. The summed E-state index contributed by atoms with van der Waals surface area (Å²) >= 11 is 0. The summed E-state index contributed by atoms with van der Waals surface area (Å²) in [6.45, 7) is 14.5. The van der Waals surface area contributed by atoms with Gasteiger partial charge >= 0.3 is 0 Å². The first-order chi connectivity index (χ1) is 8.72. The van der Waals surface area contributed by atoms with Gasteiger partial charge in [0.1, 0.15) is 0 Å². The summed E-state index contributed by atoms with van der Waals surface area (Å²) in [5, 5.41) is 3.57. The zero-order chi connectivity index (χ0) is 13.2. The third-order valence-electron chi connectivity index (χ3n) is 3.55. The van der Waals surface area contributed by atoms with Crippen LogP contribution in [-0.4, -0.2) is 50.8 Å². The fourth-order valence-electron chi connectivity index (χ4n) is 2.40. The second-order valence-electron chi connectivity index (χ2n) is 5.97. The molecule has 1 rings (SSSR count). The van der Waals surface area contributed by atoms with Crippen molar-refractivity contribution in [2.45, 2.75) is 40.0 Å². The molecule has 0 bridgehead atoms. The first kappa shape index (κ1) is 15.9. The Morgan fingerprint density at radius 1 is 1.33 bits per heavy atom. The molecule has 1 N–H and O–H groups in total. The average Bonchev–Trinajstić information content (AvgIpc) is 2.76. The molecule has 1 aliphatic heterocycles. The van der Waals surface area contributed by atoms with E-state index in [2.05, 4.69) is 31.0 Å². The van der Waals surface area contributed by atoms with Gasteiger partial charge in [0.2, 0.25) is 0 Å². The van der Waals surface area contributed by atoms with Crippen molar-refractivity contribution in [1.29, 1.82) is 0 Å². The van der Waals surface area contributed by atoms with Gasteiger partial charge in [-0.3, -0.25) is 0 Å². The van der Waals surface area contributed by atoms with Crippen molar-refractivity contribution in [1.82, 2.24) is 10.2 Å². The molecule has 1 aliphatic rings. The van der Waals surface area contributed by atoms with E-state index in [9.17, 15) is 0 Å². The first-order valence-electron chi connectivity index (χ1n) is 7.73. The molecule has 0 spiro atoms. The first-order valence-corrected chi connectivity index (χ1v) is 7.73. The molecule has 0 aromatic rings. The Bertz CT molecular complexity index is 197. The van der Waals surface area contributed by atoms with Crippen LogP contribution in [0.5, 0.6) is 0 Å². The summed E-state index contributed by atoms with van der Waals surface area (Å²) < 4.78 is 5.63. The fourth-order valence-corrected chi connectivity index (χ4v) is 2.40. The molecule has 0 radical (unpaired) electrons. The lowest BCUT2D eigenvalue weighted by Crippen LogP contribution is -2.30. The molecular weight excluding hydrogens is 224 g/mol. The Labute approximate surface area is 113 Å². The van der Waals surface area contributed by atoms with Gasteiger partial charge in [-0.1, -0.05) is 27.2 Å². The van der Waals surface area contributed by atoms with Crippen molar-refractivity contribution < 1.29 is 4.74 Å². The van der Waals surface area contributed by atoms with E-state index in [0.717, 1.165) is 38.1 Å². The summed E-state index contributed by atoms with van der Waals surface area (Å²) in [7, 11) is 0. The highest BCUT2D eigenvalue weighted by atomic mass is 16.5. The smallest absolute Gasteiger partial charge is 0.0593 e. The number of nitrogens with one attached hydrogen (secondary N) is 1. The van der Waals surface area contributed by atoms with E-state index in [0.29, 0.717) is 0 Å². The number of rotatable bonds is 10. The predicted octanol–water partition coefficient (Wildman–Crippen LogP) is 2.37. The number of ether oxygens (including phenoxy) is 1. The quantitative estimate of drug-likeness (QED) is 0.607. The molecule has 1 atom stereocenters. The summed E-state index contributed by atoms with van der Waals surface area (Å²) in [6, 6.07) is 0. The molecule has 0 aromatic carbocycles. The van der Waals surface area contributed by atoms with Crippen LogP contribution < -0.4 is 5.32 Å². The minimum absolute atomic E-state index is 0.759. The predicted molar refractivity (Wildman–Crippen MR) is 78.0 cm³/mol. The van der Waals surface area contributed by atoms with Gasteiger partial charge in [-0.05, 0) is 44.3 Å². The third-order valence-corrected chi connectivity index (χ3v) is 3.55. The number of hydrogen-bond donors (Lipinski definition) is 1. The van der Waals surface area contributed by atoms with Gasteiger partial charge in [0, 0.05) is 19.7 Å². The molecule has 0 aromatic heterocycles. The molecule has 3 nitrogen and oxygen atoms in total. The molecule has 0 saturated carbocycles. The maximum Gasteiger partial charge on any atom is 0.0593 e. The second kappa shape index (κ2) is 9.76. The van der Waals surface area contributed by atoms with Gasteiger partial charge in [-0.25, -0.2) is 0 Å².